The van der Waals surface area contributed by atoms with Crippen molar-refractivity contribution in [3.63, 3.8) is 0 Å². The summed E-state index contributed by atoms with van der Waals surface area (Å²) in [5.74, 6) is 1.62. The molecule has 1 aromatic heterocycles. The van der Waals surface area contributed by atoms with Gasteiger partial charge in [-0.25, -0.2) is 8.42 Å². The van der Waals surface area contributed by atoms with Crippen molar-refractivity contribution in [2.24, 2.45) is 0 Å². The Morgan fingerprint density at radius 1 is 0.821 bits per heavy atom. The van der Waals surface area contributed by atoms with Gasteiger partial charge in [0.05, 0.1) is 18.1 Å². The largest absolute Gasteiger partial charge is 0.378 e. The van der Waals surface area contributed by atoms with Gasteiger partial charge in [-0.15, -0.1) is 10.2 Å². The highest BCUT2D eigenvalue weighted by Gasteiger charge is 2.30. The SMILES string of the molecule is O=S(=O)(c1ccccc1Br)N1CCN(c2ccc(N3CCOCC3)nn2)CC1. The van der Waals surface area contributed by atoms with Crippen LogP contribution in [0.2, 0.25) is 0 Å². The van der Waals surface area contributed by atoms with Gasteiger partial charge in [-0.05, 0) is 40.2 Å². The molecular weight excluding hydrogens is 446 g/mol. The summed E-state index contributed by atoms with van der Waals surface area (Å²) in [7, 11) is -3.51. The summed E-state index contributed by atoms with van der Waals surface area (Å²) in [5.41, 5.74) is 0. The quantitative estimate of drug-likeness (QED) is 0.675. The smallest absolute Gasteiger partial charge is 0.244 e. The zero-order chi connectivity index (χ0) is 19.6. The Hall–Kier alpha value is -1.75. The van der Waals surface area contributed by atoms with Crippen LogP contribution in [0.4, 0.5) is 11.6 Å². The number of anilines is 2. The van der Waals surface area contributed by atoms with E-state index in [9.17, 15) is 8.42 Å². The van der Waals surface area contributed by atoms with Crippen LogP contribution >= 0.6 is 15.9 Å². The van der Waals surface area contributed by atoms with Gasteiger partial charge in [-0.3, -0.25) is 0 Å². The first kappa shape index (κ1) is 19.6. The van der Waals surface area contributed by atoms with Crippen LogP contribution in [-0.4, -0.2) is 75.4 Å². The van der Waals surface area contributed by atoms with Crippen LogP contribution in [-0.2, 0) is 14.8 Å². The first-order valence-corrected chi connectivity index (χ1v) is 11.4. The van der Waals surface area contributed by atoms with Crippen LogP contribution < -0.4 is 9.80 Å². The lowest BCUT2D eigenvalue weighted by Crippen LogP contribution is -2.49. The fourth-order valence-electron chi connectivity index (χ4n) is 3.40. The molecule has 2 fully saturated rings. The fourth-order valence-corrected chi connectivity index (χ4v) is 5.78. The third-order valence-electron chi connectivity index (χ3n) is 4.99. The van der Waals surface area contributed by atoms with Crippen LogP contribution in [0.5, 0.6) is 0 Å². The molecule has 0 spiro atoms. The molecule has 0 atom stereocenters. The molecule has 1 aromatic carbocycles. The second-order valence-electron chi connectivity index (χ2n) is 6.67. The van der Waals surface area contributed by atoms with Gasteiger partial charge in [0.2, 0.25) is 10.0 Å². The van der Waals surface area contributed by atoms with Gasteiger partial charge in [0.25, 0.3) is 0 Å². The van der Waals surface area contributed by atoms with E-state index >= 15 is 0 Å². The lowest BCUT2D eigenvalue weighted by molar-refractivity contribution is 0.122. The topological polar surface area (TPSA) is 78.9 Å². The van der Waals surface area contributed by atoms with Gasteiger partial charge < -0.3 is 14.5 Å². The zero-order valence-corrected chi connectivity index (χ0v) is 17.8. The third kappa shape index (κ3) is 4.00. The number of piperazine rings is 1. The van der Waals surface area contributed by atoms with Crippen molar-refractivity contribution in [1.82, 2.24) is 14.5 Å². The number of hydrogen-bond acceptors (Lipinski definition) is 7. The number of ether oxygens (including phenoxy) is 1. The molecule has 2 aromatic rings. The van der Waals surface area contributed by atoms with Gasteiger partial charge in [-0.2, -0.15) is 4.31 Å². The molecule has 0 saturated carbocycles. The molecule has 10 heteroatoms. The minimum Gasteiger partial charge on any atom is -0.378 e. The van der Waals surface area contributed by atoms with E-state index in [1.807, 2.05) is 12.1 Å². The van der Waals surface area contributed by atoms with Crippen molar-refractivity contribution in [2.45, 2.75) is 4.90 Å². The molecule has 0 radical (unpaired) electrons. The van der Waals surface area contributed by atoms with Crippen LogP contribution in [0, 0.1) is 0 Å². The minimum absolute atomic E-state index is 0.304. The van der Waals surface area contributed by atoms with E-state index in [0.717, 1.165) is 24.7 Å². The van der Waals surface area contributed by atoms with Crippen LogP contribution in [0.15, 0.2) is 45.8 Å². The van der Waals surface area contributed by atoms with Gasteiger partial charge in [0.1, 0.15) is 0 Å². The van der Waals surface area contributed by atoms with E-state index in [4.69, 9.17) is 4.74 Å². The first-order chi connectivity index (χ1) is 13.6. The molecular formula is C18H22BrN5O3S. The number of benzene rings is 1. The van der Waals surface area contributed by atoms with Crippen molar-refractivity contribution in [3.8, 4) is 0 Å². The predicted molar refractivity (Wildman–Crippen MR) is 110 cm³/mol. The van der Waals surface area contributed by atoms with Crippen molar-refractivity contribution in [2.75, 3.05) is 62.3 Å². The van der Waals surface area contributed by atoms with E-state index in [-0.39, 0.29) is 0 Å². The molecule has 0 amide bonds. The van der Waals surface area contributed by atoms with Crippen LogP contribution in [0.25, 0.3) is 0 Å². The van der Waals surface area contributed by atoms with Gasteiger partial charge in [0.15, 0.2) is 11.6 Å². The zero-order valence-electron chi connectivity index (χ0n) is 15.4. The highest BCUT2D eigenvalue weighted by atomic mass is 79.9. The molecule has 0 unspecified atom stereocenters. The maximum Gasteiger partial charge on any atom is 0.244 e. The average Bonchev–Trinajstić information content (AvgIpc) is 2.75. The van der Waals surface area contributed by atoms with Crippen LogP contribution in [0.3, 0.4) is 0 Å². The van der Waals surface area contributed by atoms with E-state index in [1.165, 1.54) is 4.31 Å². The van der Waals surface area contributed by atoms with Crippen molar-refractivity contribution in [1.29, 1.82) is 0 Å². The summed E-state index contributed by atoms with van der Waals surface area (Å²) in [6.07, 6.45) is 0. The van der Waals surface area contributed by atoms with Crippen molar-refractivity contribution in [3.05, 3.63) is 40.9 Å². The van der Waals surface area contributed by atoms with Crippen molar-refractivity contribution >= 4 is 37.6 Å². The maximum absolute atomic E-state index is 12.9. The third-order valence-corrected chi connectivity index (χ3v) is 7.90. The number of hydrogen-bond donors (Lipinski definition) is 0. The van der Waals surface area contributed by atoms with Gasteiger partial charge in [-0.1, -0.05) is 12.1 Å². The highest BCUT2D eigenvalue weighted by molar-refractivity contribution is 9.10. The van der Waals surface area contributed by atoms with E-state index in [0.29, 0.717) is 48.8 Å². The number of aromatic nitrogens is 2. The number of rotatable bonds is 4. The first-order valence-electron chi connectivity index (χ1n) is 9.22. The molecule has 4 rings (SSSR count). The molecule has 0 aliphatic carbocycles. The molecule has 150 valence electrons. The molecule has 0 bridgehead atoms. The van der Waals surface area contributed by atoms with E-state index in [2.05, 4.69) is 35.9 Å². The summed E-state index contributed by atoms with van der Waals surface area (Å²) in [6.45, 7) is 5.03. The fraction of sp³-hybridized carbons (Fsp3) is 0.444. The molecule has 2 saturated heterocycles. The number of morpholine rings is 1. The number of halogens is 1. The average molecular weight is 468 g/mol. The molecule has 28 heavy (non-hydrogen) atoms. The molecule has 8 nitrogen and oxygen atoms in total. The lowest BCUT2D eigenvalue weighted by Gasteiger charge is -2.34. The Morgan fingerprint density at radius 3 is 1.96 bits per heavy atom. The van der Waals surface area contributed by atoms with Gasteiger partial charge >= 0.3 is 0 Å². The second-order valence-corrected chi connectivity index (χ2v) is 9.43. The lowest BCUT2D eigenvalue weighted by atomic mass is 10.3. The van der Waals surface area contributed by atoms with Gasteiger partial charge in [0, 0.05) is 43.7 Å². The summed E-state index contributed by atoms with van der Waals surface area (Å²) in [5, 5.41) is 8.70. The Kier molecular flexibility index (Phi) is 5.81. The normalized spacial score (nSPS) is 19.0. The molecule has 2 aliphatic rings. The Balaban J connectivity index is 1.41. The molecule has 3 heterocycles. The molecule has 0 N–H and O–H groups in total. The minimum atomic E-state index is -3.51. The van der Waals surface area contributed by atoms with E-state index in [1.54, 1.807) is 24.3 Å². The molecule has 2 aliphatic heterocycles. The second kappa shape index (κ2) is 8.32. The predicted octanol–water partition coefficient (Wildman–Crippen LogP) is 1.59. The summed E-state index contributed by atoms with van der Waals surface area (Å²) in [4.78, 5) is 4.53. The standard InChI is InChI=1S/C18H22BrN5O3S/c19-15-3-1-2-4-16(15)28(25,26)24-9-7-22(8-10-24)17-5-6-18(21-20-17)23-11-13-27-14-12-23/h1-6H,7-14H2. The Morgan fingerprint density at radius 2 is 1.39 bits per heavy atom. The monoisotopic (exact) mass is 467 g/mol. The Labute approximate surface area is 173 Å². The Bertz CT molecular complexity index is 911. The van der Waals surface area contributed by atoms with Crippen LogP contribution in [0.1, 0.15) is 0 Å². The highest BCUT2D eigenvalue weighted by Crippen LogP contribution is 2.26. The summed E-state index contributed by atoms with van der Waals surface area (Å²) >= 11 is 3.34. The number of sulfonamides is 1. The van der Waals surface area contributed by atoms with Crippen molar-refractivity contribution < 1.29 is 13.2 Å². The summed E-state index contributed by atoms with van der Waals surface area (Å²) < 4.78 is 33.3. The number of nitrogens with zero attached hydrogens (tertiary/aromatic N) is 5. The van der Waals surface area contributed by atoms with E-state index < -0.39 is 10.0 Å². The maximum atomic E-state index is 12.9. The summed E-state index contributed by atoms with van der Waals surface area (Å²) in [6, 6.07) is 10.8.